The highest BCUT2D eigenvalue weighted by molar-refractivity contribution is 9.69. The third kappa shape index (κ3) is 28.0. The molecule has 0 spiro atoms. The van der Waals surface area contributed by atoms with Crippen LogP contribution >= 0.6 is 70.5 Å². The second kappa shape index (κ2) is 49.3. The Hall–Kier alpha value is -12.3. The number of methoxy groups -OCH3 is 3. The van der Waals surface area contributed by atoms with Crippen LogP contribution in [0.1, 0.15) is 63.8 Å². The molecule has 726 valence electrons. The van der Waals surface area contributed by atoms with E-state index in [1.54, 1.807) is 74.7 Å². The summed E-state index contributed by atoms with van der Waals surface area (Å²) in [4.78, 5) is 73.5. The normalized spacial score (nSPS) is 13.6. The van der Waals surface area contributed by atoms with Gasteiger partial charge in [-0.05, 0) is 235 Å². The van der Waals surface area contributed by atoms with Crippen molar-refractivity contribution in [1.29, 1.82) is 0 Å². The Morgan fingerprint density at radius 3 is 0.971 bits per heavy atom. The number of hydrogen-bond donors (Lipinski definition) is 3. The highest BCUT2D eigenvalue weighted by Gasteiger charge is 2.32. The number of fused-ring (bicyclic) bond motifs is 4. The number of carbonyl (C=O) groups excluding carboxylic acids is 5. The smallest absolute Gasteiger partial charge is 0.495 e. The van der Waals surface area contributed by atoms with E-state index in [1.165, 1.54) is 75.9 Å². The summed E-state index contributed by atoms with van der Waals surface area (Å²) in [6.45, 7) is 39.5. The van der Waals surface area contributed by atoms with Crippen LogP contribution in [0, 0.1) is 51.0 Å². The maximum Gasteiger partial charge on any atom is 0.495 e. The number of phenols is 1. The highest BCUT2D eigenvalue weighted by Crippen LogP contribution is 2.43. The molecule has 12 aromatic rings. The highest BCUT2D eigenvalue weighted by atomic mass is 79.9. The van der Waals surface area contributed by atoms with Gasteiger partial charge in [-0.3, -0.25) is 14.4 Å². The molecule has 4 aromatic heterocycles. The van der Waals surface area contributed by atoms with Gasteiger partial charge in [0.15, 0.2) is 0 Å². The van der Waals surface area contributed by atoms with Gasteiger partial charge in [-0.25, -0.2) is 27.2 Å². The van der Waals surface area contributed by atoms with Crippen LogP contribution in [-0.2, 0) is 23.9 Å². The maximum absolute atomic E-state index is 14.7. The minimum absolute atomic E-state index is 0.0494. The number of aromatic hydroxyl groups is 1. The molecular weight excluding hydrogens is 2020 g/mol. The van der Waals surface area contributed by atoms with Crippen LogP contribution in [0.15, 0.2) is 184 Å². The van der Waals surface area contributed by atoms with Crippen molar-refractivity contribution in [3.8, 4) is 56.4 Å². The molecular formula is C98H107B2Br3Cl2F4N16O13. The summed E-state index contributed by atoms with van der Waals surface area (Å²) in [7, 11) is 2.55. The van der Waals surface area contributed by atoms with Gasteiger partial charge in [0.25, 0.3) is 0 Å². The van der Waals surface area contributed by atoms with E-state index in [1.807, 2.05) is 112 Å². The Balaban J connectivity index is 0.000000178. The number of piperazine rings is 4. The fraction of sp³-hybridized carbons (Fsp3) is 0.316. The fourth-order valence-electron chi connectivity index (χ4n) is 15.7. The van der Waals surface area contributed by atoms with E-state index in [9.17, 15) is 46.6 Å². The SMILES string of the molecule is BrB(Br)Br.C=CC(=O)Cl.C=CC(=O)N1CCN(c2cnnc3cc(-c4c(F)cccc4OC)c(C)cc23)CC1.C=CC(=O)N1CCN(c2cnnc3cc(-c4c(O)cccc4F)c(C)cc23)CC1.COc1cccc(F)c1-c1cc2nncc(N3CCN(C(=O)OC(C)(C)C)CC3)c2cc1C.COc1cccc(F)c1B(O)O.Cc1cc2c(N3CCN(C(=O)OC(C)(C)C)CC3)cnnc2cc1Cl. The minimum atomic E-state index is -1.85. The zero-order valence-corrected chi connectivity index (χ0v) is 84.9. The topological polar surface area (TPSA) is 321 Å². The van der Waals surface area contributed by atoms with Crippen molar-refractivity contribution in [2.45, 2.75) is 80.4 Å². The van der Waals surface area contributed by atoms with E-state index in [2.05, 4.69) is 127 Å². The number of anilines is 4. The first-order valence-corrected chi connectivity index (χ1v) is 47.2. The number of aryl methyl sites for hydroxylation is 4. The number of phenolic OH excluding ortho intramolecular Hbond substituents is 1. The molecule has 29 nitrogen and oxygen atoms in total. The van der Waals surface area contributed by atoms with Crippen molar-refractivity contribution in [2.75, 3.05) is 146 Å². The molecule has 0 bridgehead atoms. The Morgan fingerprint density at radius 1 is 0.413 bits per heavy atom. The van der Waals surface area contributed by atoms with Crippen molar-refractivity contribution in [2.24, 2.45) is 0 Å². The Morgan fingerprint density at radius 2 is 0.688 bits per heavy atom. The summed E-state index contributed by atoms with van der Waals surface area (Å²) in [6, 6.07) is 33.2. The van der Waals surface area contributed by atoms with Crippen molar-refractivity contribution in [1.82, 2.24) is 60.4 Å². The number of nitrogens with zero attached hydrogens (tertiary/aromatic N) is 16. The lowest BCUT2D eigenvalue weighted by molar-refractivity contribution is -0.127. The molecule has 4 saturated heterocycles. The Kier molecular flexibility index (Phi) is 38.5. The van der Waals surface area contributed by atoms with Crippen LogP contribution in [0.5, 0.6) is 23.0 Å². The lowest BCUT2D eigenvalue weighted by Gasteiger charge is -2.37. The molecule has 0 radical (unpaired) electrons. The van der Waals surface area contributed by atoms with Gasteiger partial charge in [-0.15, -0.1) is 47.3 Å². The Labute approximate surface area is 833 Å². The second-order valence-electron chi connectivity index (χ2n) is 33.8. The zero-order chi connectivity index (χ0) is 101. The standard InChI is InChI=1S/C25H29FN4O3.C23H23FN4O2.C22H21FN4O2.C18H23ClN4O2.C7H8BFO3.C3H3ClO.BBr3/c1-16-13-18-20(14-17(16)23-19(26)7-6-8-22(23)32-5)28-27-15-21(18)29-9-11-30(12-10-29)24(31)33-25(2,3)4;1-4-22(29)28-10-8-27(9-11-28)20-14-25-26-19-13-16(15(2)12-17(19)20)23-18(24)6-5-7-21(23)30-3;1-3-21(29)27-9-7-26(8-10-27)19-13-24-25-18-12-15(14(2)11-16(18)19)22-17(23)5-4-6-20(22)28;1-12-9-13-15(10-14(12)19)21-20-11-16(13)22-5-7-23(8-6-22)17(24)25-18(2,3)4;1-12-6-4-2-3-5(9)7(6)8(10)11;1-2-3(4)5;2-1(3)4/h6-8,13-15H,9-12H2,1-5H3;4-7,12-14H,1,8-11H2,2-3H3;3-6,11-13,28H,1,7-10H2,2H3;9-11H,5-8H2,1-4H3;2-4,10-11H,1H3;2H,1H2;. The molecule has 40 heteroatoms. The average Bonchev–Trinajstić information content (AvgIpc) is 0.771. The molecule has 0 unspecified atom stereocenters. The Bertz CT molecular complexity index is 6390. The lowest BCUT2D eigenvalue weighted by atomic mass is 9.79. The van der Waals surface area contributed by atoms with Gasteiger partial charge in [-0.2, -0.15) is 40.8 Å². The fourth-order valence-corrected chi connectivity index (χ4v) is 15.9. The number of rotatable bonds is 14. The lowest BCUT2D eigenvalue weighted by Crippen LogP contribution is -2.50. The summed E-state index contributed by atoms with van der Waals surface area (Å²) in [5, 5.41) is 65.3. The monoisotopic (exact) mass is 2120 g/mol. The third-order valence-electron chi connectivity index (χ3n) is 22.4. The molecule has 4 aliphatic rings. The molecule has 0 aliphatic carbocycles. The van der Waals surface area contributed by atoms with E-state index in [0.717, 1.165) is 108 Å². The first-order valence-electron chi connectivity index (χ1n) is 43.7. The second-order valence-corrected chi connectivity index (χ2v) is 41.0. The number of amides is 4. The number of ether oxygens (including phenoxy) is 5. The van der Waals surface area contributed by atoms with Gasteiger partial charge in [-0.1, -0.05) is 55.6 Å². The number of halogens is 9. The summed E-state index contributed by atoms with van der Waals surface area (Å²) in [5.74, 6) is -1.01. The van der Waals surface area contributed by atoms with Gasteiger partial charge in [0.05, 0.1) is 113 Å². The molecule has 3 N–H and O–H groups in total. The van der Waals surface area contributed by atoms with E-state index in [-0.39, 0.29) is 61.3 Å². The summed E-state index contributed by atoms with van der Waals surface area (Å²) >= 11 is 20.2. The van der Waals surface area contributed by atoms with Crippen LogP contribution in [-0.4, -0.2) is 252 Å². The number of hydrogen-bond acceptors (Lipinski definition) is 25. The number of allylic oxidation sites excluding steroid dienone is 1. The van der Waals surface area contributed by atoms with Gasteiger partial charge in [0.2, 0.25) is 17.1 Å². The summed E-state index contributed by atoms with van der Waals surface area (Å²) in [5.41, 5.74) is 12.1. The molecule has 0 atom stereocenters. The van der Waals surface area contributed by atoms with Crippen molar-refractivity contribution < 1.29 is 80.4 Å². The predicted octanol–water partition coefficient (Wildman–Crippen LogP) is 17.9. The summed E-state index contributed by atoms with van der Waals surface area (Å²) in [6.07, 6.45) is 10.2. The molecule has 16 rings (SSSR count). The van der Waals surface area contributed by atoms with Crippen LogP contribution in [0.25, 0.3) is 77.0 Å². The molecule has 4 fully saturated rings. The molecule has 4 amide bonds. The quantitative estimate of drug-likeness (QED) is 0.0394. The number of carbonyl (C=O) groups is 5. The predicted molar refractivity (Wildman–Crippen MR) is 547 cm³/mol. The number of aromatic nitrogens is 8. The molecule has 8 heterocycles. The molecule has 138 heavy (non-hydrogen) atoms. The van der Waals surface area contributed by atoms with Crippen LogP contribution in [0.2, 0.25) is 5.02 Å². The third-order valence-corrected chi connectivity index (χ3v) is 23.0. The average molecular weight is 2130 g/mol. The van der Waals surface area contributed by atoms with Crippen LogP contribution < -0.4 is 39.3 Å². The van der Waals surface area contributed by atoms with Gasteiger partial charge >= 0.3 is 22.5 Å². The first kappa shape index (κ1) is 108. The number of benzene rings is 8. The maximum atomic E-state index is 14.7. The van der Waals surface area contributed by atoms with E-state index in [4.69, 9.17) is 56.9 Å². The first-order chi connectivity index (χ1) is 65.6. The largest absolute Gasteiger partial charge is 0.507 e. The van der Waals surface area contributed by atoms with E-state index >= 15 is 0 Å². The molecule has 4 aliphatic heterocycles. The van der Waals surface area contributed by atoms with Crippen molar-refractivity contribution >= 4 is 182 Å². The zero-order valence-electron chi connectivity index (χ0n) is 78.7. The summed E-state index contributed by atoms with van der Waals surface area (Å²) < 4.78 is 83.3. The molecule has 8 aromatic carbocycles. The minimum Gasteiger partial charge on any atom is -0.507 e. The van der Waals surface area contributed by atoms with Gasteiger partial charge in [0.1, 0.15) is 57.5 Å². The van der Waals surface area contributed by atoms with Crippen molar-refractivity contribution in [3.05, 3.63) is 235 Å². The van der Waals surface area contributed by atoms with Gasteiger partial charge < -0.3 is 78.0 Å². The van der Waals surface area contributed by atoms with Crippen molar-refractivity contribution in [3.63, 3.8) is 0 Å². The van der Waals surface area contributed by atoms with E-state index < -0.39 is 35.2 Å². The van der Waals surface area contributed by atoms with Crippen LogP contribution in [0.3, 0.4) is 0 Å². The van der Waals surface area contributed by atoms with Crippen LogP contribution in [0.4, 0.5) is 49.9 Å². The van der Waals surface area contributed by atoms with Gasteiger partial charge in [0, 0.05) is 131 Å². The molecule has 0 saturated carbocycles. The van der Waals surface area contributed by atoms with E-state index in [0.29, 0.717) is 141 Å².